The Morgan fingerprint density at radius 3 is 2.67 bits per heavy atom. The highest BCUT2D eigenvalue weighted by atomic mass is 32.2. The lowest BCUT2D eigenvalue weighted by Gasteiger charge is -2.04. The summed E-state index contributed by atoms with van der Waals surface area (Å²) in [6.07, 6.45) is 4.39. The molecule has 0 unspecified atom stereocenters. The van der Waals surface area contributed by atoms with Gasteiger partial charge in [-0.2, -0.15) is 0 Å². The number of aromatic carboxylic acids is 1. The van der Waals surface area contributed by atoms with Crippen LogP contribution >= 0.6 is 11.3 Å². The SMILES string of the molecule is Cc1c(-c2cnc3ccc(CS(C)(=O)=O)cn23)sc(C(=O)O)c1O. The van der Waals surface area contributed by atoms with Crippen molar-refractivity contribution >= 4 is 32.8 Å². The van der Waals surface area contributed by atoms with Gasteiger partial charge in [-0.1, -0.05) is 6.07 Å². The van der Waals surface area contributed by atoms with Gasteiger partial charge in [0, 0.05) is 18.0 Å². The minimum absolute atomic E-state index is 0.102. The molecule has 0 saturated carbocycles. The Balaban J connectivity index is 2.19. The second kappa shape index (κ2) is 5.60. The molecule has 0 aromatic carbocycles. The molecule has 0 spiro atoms. The van der Waals surface area contributed by atoms with E-state index in [1.165, 1.54) is 0 Å². The molecule has 3 heterocycles. The van der Waals surface area contributed by atoms with Crippen LogP contribution in [0.1, 0.15) is 20.8 Å². The van der Waals surface area contributed by atoms with Crippen molar-refractivity contribution in [1.82, 2.24) is 9.38 Å². The standard InChI is InChI=1S/C15H14N2O5S2/c1-8-12(18)14(15(19)20)23-13(8)10-5-16-11-4-3-9(6-17(10)11)7-24(2,21)22/h3-6,18H,7H2,1-2H3,(H,19,20). The Bertz CT molecular complexity index is 1060. The lowest BCUT2D eigenvalue weighted by atomic mass is 10.2. The van der Waals surface area contributed by atoms with Crippen LogP contribution in [0.4, 0.5) is 0 Å². The molecule has 0 bridgehead atoms. The van der Waals surface area contributed by atoms with Crippen LogP contribution in [0.25, 0.3) is 16.2 Å². The number of hydrogen-bond donors (Lipinski definition) is 2. The van der Waals surface area contributed by atoms with Gasteiger partial charge in [0.25, 0.3) is 0 Å². The smallest absolute Gasteiger partial charge is 0.349 e. The zero-order chi connectivity index (χ0) is 17.6. The lowest BCUT2D eigenvalue weighted by Crippen LogP contribution is -2.02. The van der Waals surface area contributed by atoms with Crippen molar-refractivity contribution in [2.45, 2.75) is 12.7 Å². The molecule has 0 fully saturated rings. The van der Waals surface area contributed by atoms with Gasteiger partial charge in [-0.3, -0.25) is 4.40 Å². The Labute approximate surface area is 141 Å². The third kappa shape index (κ3) is 2.87. The van der Waals surface area contributed by atoms with Crippen molar-refractivity contribution in [3.05, 3.63) is 40.5 Å². The Morgan fingerprint density at radius 1 is 1.38 bits per heavy atom. The molecule has 2 N–H and O–H groups in total. The van der Waals surface area contributed by atoms with E-state index in [1.54, 1.807) is 35.9 Å². The zero-order valence-electron chi connectivity index (χ0n) is 12.8. The Morgan fingerprint density at radius 2 is 2.08 bits per heavy atom. The number of nitrogens with zero attached hydrogens (tertiary/aromatic N) is 2. The maximum atomic E-state index is 11.5. The van der Waals surface area contributed by atoms with Gasteiger partial charge in [0.1, 0.15) is 11.4 Å². The highest BCUT2D eigenvalue weighted by molar-refractivity contribution is 7.89. The highest BCUT2D eigenvalue weighted by Gasteiger charge is 2.22. The summed E-state index contributed by atoms with van der Waals surface area (Å²) in [6, 6.07) is 3.39. The summed E-state index contributed by atoms with van der Waals surface area (Å²) in [5, 5.41) is 19.1. The second-order valence-corrected chi connectivity index (χ2v) is 8.68. The van der Waals surface area contributed by atoms with Crippen molar-refractivity contribution in [2.75, 3.05) is 6.26 Å². The number of hydrogen-bond acceptors (Lipinski definition) is 6. The van der Waals surface area contributed by atoms with Gasteiger partial charge in [0.2, 0.25) is 0 Å². The molecule has 3 aromatic rings. The number of pyridine rings is 1. The molecule has 0 saturated heterocycles. The average molecular weight is 366 g/mol. The number of rotatable bonds is 4. The second-order valence-electron chi connectivity index (χ2n) is 5.52. The largest absolute Gasteiger partial charge is 0.506 e. The number of carboxylic acid groups (broad SMARTS) is 1. The van der Waals surface area contributed by atoms with Crippen LogP contribution < -0.4 is 0 Å². The topological polar surface area (TPSA) is 109 Å². The molecule has 0 amide bonds. The zero-order valence-corrected chi connectivity index (χ0v) is 14.5. The summed E-state index contributed by atoms with van der Waals surface area (Å²) < 4.78 is 24.7. The van der Waals surface area contributed by atoms with Crippen molar-refractivity contribution in [3.63, 3.8) is 0 Å². The van der Waals surface area contributed by atoms with Crippen LogP contribution in [0.2, 0.25) is 0 Å². The number of thiophene rings is 1. The molecule has 0 atom stereocenters. The van der Waals surface area contributed by atoms with E-state index in [4.69, 9.17) is 5.11 Å². The average Bonchev–Trinajstić information content (AvgIpc) is 3.00. The van der Waals surface area contributed by atoms with E-state index in [-0.39, 0.29) is 16.4 Å². The summed E-state index contributed by atoms with van der Waals surface area (Å²) in [6.45, 7) is 1.63. The molecule has 9 heteroatoms. The fourth-order valence-electron chi connectivity index (χ4n) is 2.47. The third-order valence-corrected chi connectivity index (χ3v) is 5.69. The molecular weight excluding hydrogens is 352 g/mol. The van der Waals surface area contributed by atoms with Crippen LogP contribution in [0.15, 0.2) is 24.5 Å². The Hall–Kier alpha value is -2.39. The van der Waals surface area contributed by atoms with Gasteiger partial charge in [0.05, 0.1) is 22.5 Å². The van der Waals surface area contributed by atoms with Gasteiger partial charge in [-0.15, -0.1) is 11.3 Å². The first-order valence-corrected chi connectivity index (χ1v) is 9.75. The third-order valence-electron chi connectivity index (χ3n) is 3.54. The normalized spacial score (nSPS) is 11.9. The molecule has 0 aliphatic rings. The number of sulfone groups is 1. The minimum Gasteiger partial charge on any atom is -0.506 e. The van der Waals surface area contributed by atoms with E-state index in [0.717, 1.165) is 17.6 Å². The molecule has 7 nitrogen and oxygen atoms in total. The summed E-state index contributed by atoms with van der Waals surface area (Å²) >= 11 is 0.957. The number of aromatic hydroxyl groups is 1. The van der Waals surface area contributed by atoms with Crippen molar-refractivity contribution in [1.29, 1.82) is 0 Å². The van der Waals surface area contributed by atoms with Gasteiger partial charge >= 0.3 is 5.97 Å². The van der Waals surface area contributed by atoms with E-state index >= 15 is 0 Å². The monoisotopic (exact) mass is 366 g/mol. The van der Waals surface area contributed by atoms with E-state index in [9.17, 15) is 18.3 Å². The summed E-state index contributed by atoms with van der Waals surface area (Å²) in [5.74, 6) is -1.56. The predicted octanol–water partition coefficient (Wildman–Crippen LogP) is 2.32. The van der Waals surface area contributed by atoms with Crippen LogP contribution in [0.5, 0.6) is 5.75 Å². The first-order chi connectivity index (χ1) is 11.2. The van der Waals surface area contributed by atoms with E-state index in [1.807, 2.05) is 0 Å². The first-order valence-electron chi connectivity index (χ1n) is 6.87. The van der Waals surface area contributed by atoms with E-state index < -0.39 is 15.8 Å². The number of fused-ring (bicyclic) bond motifs is 1. The number of imidazole rings is 1. The molecule has 126 valence electrons. The van der Waals surface area contributed by atoms with Crippen molar-refractivity contribution in [2.24, 2.45) is 0 Å². The molecular formula is C15H14N2O5S2. The minimum atomic E-state index is -3.18. The fourth-order valence-corrected chi connectivity index (χ4v) is 4.30. The lowest BCUT2D eigenvalue weighted by molar-refractivity contribution is 0.0699. The Kier molecular flexibility index (Phi) is 3.84. The summed E-state index contributed by atoms with van der Waals surface area (Å²) in [5.41, 5.74) is 2.26. The maximum Gasteiger partial charge on any atom is 0.349 e. The molecule has 3 aromatic heterocycles. The molecule has 0 aliphatic heterocycles. The summed E-state index contributed by atoms with van der Waals surface area (Å²) in [4.78, 5) is 15.9. The highest BCUT2D eigenvalue weighted by Crippen LogP contribution is 2.40. The van der Waals surface area contributed by atoms with Gasteiger partial charge < -0.3 is 10.2 Å². The van der Waals surface area contributed by atoms with Gasteiger partial charge in [-0.05, 0) is 18.6 Å². The summed E-state index contributed by atoms with van der Waals surface area (Å²) in [7, 11) is -3.18. The molecule has 24 heavy (non-hydrogen) atoms. The van der Waals surface area contributed by atoms with E-state index in [2.05, 4.69) is 4.98 Å². The molecule has 3 rings (SSSR count). The van der Waals surface area contributed by atoms with Crippen molar-refractivity contribution < 1.29 is 23.4 Å². The molecule has 0 aliphatic carbocycles. The predicted molar refractivity (Wildman–Crippen MR) is 90.4 cm³/mol. The van der Waals surface area contributed by atoms with Crippen LogP contribution in [0, 0.1) is 6.92 Å². The quantitative estimate of drug-likeness (QED) is 0.733. The maximum absolute atomic E-state index is 11.5. The molecule has 0 radical (unpaired) electrons. The fraction of sp³-hybridized carbons (Fsp3) is 0.200. The van der Waals surface area contributed by atoms with Gasteiger partial charge in [-0.25, -0.2) is 18.2 Å². The van der Waals surface area contributed by atoms with Gasteiger partial charge in [0.15, 0.2) is 14.7 Å². The van der Waals surface area contributed by atoms with Crippen LogP contribution in [-0.4, -0.2) is 40.2 Å². The van der Waals surface area contributed by atoms with Crippen molar-refractivity contribution in [3.8, 4) is 16.3 Å². The number of carboxylic acids is 1. The van der Waals surface area contributed by atoms with E-state index in [0.29, 0.717) is 27.3 Å². The number of aromatic nitrogens is 2. The van der Waals surface area contributed by atoms with Crippen LogP contribution in [-0.2, 0) is 15.6 Å². The first kappa shape index (κ1) is 16.5. The number of carbonyl (C=O) groups is 1. The van der Waals surface area contributed by atoms with Crippen LogP contribution in [0.3, 0.4) is 0 Å².